The number of fused-ring (bicyclic) bond motifs is 1. The molecule has 1 heterocycles. The number of hydrogen-bond acceptors (Lipinski definition) is 3. The Labute approximate surface area is 82.9 Å². The summed E-state index contributed by atoms with van der Waals surface area (Å²) in [5.74, 6) is 4.88. The van der Waals surface area contributed by atoms with E-state index >= 15 is 0 Å². The summed E-state index contributed by atoms with van der Waals surface area (Å²) in [5.41, 5.74) is 0. The molecule has 0 N–H and O–H groups in total. The van der Waals surface area contributed by atoms with E-state index in [0.29, 0.717) is 11.8 Å². The second-order valence-corrected chi connectivity index (χ2v) is 5.04. The molecule has 4 rings (SSSR count). The molecule has 0 aromatic carbocycles. The lowest BCUT2D eigenvalue weighted by Crippen LogP contribution is -1.87. The Morgan fingerprint density at radius 2 is 1.64 bits per heavy atom. The van der Waals surface area contributed by atoms with Crippen molar-refractivity contribution < 1.29 is 4.42 Å². The molecule has 1 unspecified atom stereocenters. The maximum absolute atomic E-state index is 5.75. The Balaban J connectivity index is 1.58. The molecule has 74 valence electrons. The monoisotopic (exact) mass is 190 g/mol. The SMILES string of the molecule is C1C[C@@H]2C(c3nnc(C4CC4)o3)[C@@H]2C1. The summed E-state index contributed by atoms with van der Waals surface area (Å²) in [6.45, 7) is 0. The molecule has 3 fully saturated rings. The third-order valence-corrected chi connectivity index (χ3v) is 4.07. The molecule has 0 radical (unpaired) electrons. The smallest absolute Gasteiger partial charge is 0.220 e. The van der Waals surface area contributed by atoms with Gasteiger partial charge < -0.3 is 4.42 Å². The van der Waals surface area contributed by atoms with Gasteiger partial charge in [0.15, 0.2) is 0 Å². The van der Waals surface area contributed by atoms with Crippen LogP contribution < -0.4 is 0 Å². The van der Waals surface area contributed by atoms with Gasteiger partial charge in [0.05, 0.1) is 0 Å². The molecule has 0 amide bonds. The van der Waals surface area contributed by atoms with Crippen molar-refractivity contribution in [2.45, 2.75) is 43.9 Å². The van der Waals surface area contributed by atoms with Crippen LogP contribution in [0.3, 0.4) is 0 Å². The van der Waals surface area contributed by atoms with Gasteiger partial charge in [-0.25, -0.2) is 0 Å². The van der Waals surface area contributed by atoms with Crippen molar-refractivity contribution in [2.75, 3.05) is 0 Å². The van der Waals surface area contributed by atoms with Gasteiger partial charge in [0, 0.05) is 11.8 Å². The molecule has 3 aliphatic carbocycles. The first kappa shape index (κ1) is 7.43. The highest BCUT2D eigenvalue weighted by atomic mass is 16.4. The van der Waals surface area contributed by atoms with E-state index in [9.17, 15) is 0 Å². The van der Waals surface area contributed by atoms with Crippen LogP contribution in [-0.4, -0.2) is 10.2 Å². The lowest BCUT2D eigenvalue weighted by Gasteiger charge is -1.95. The Morgan fingerprint density at radius 3 is 2.36 bits per heavy atom. The fraction of sp³-hybridized carbons (Fsp3) is 0.818. The average Bonchev–Trinajstić information content (AvgIpc) is 3.07. The Kier molecular flexibility index (Phi) is 1.27. The van der Waals surface area contributed by atoms with Crippen LogP contribution in [0.25, 0.3) is 0 Å². The van der Waals surface area contributed by atoms with E-state index in [0.717, 1.165) is 23.6 Å². The van der Waals surface area contributed by atoms with Gasteiger partial charge in [-0.2, -0.15) is 0 Å². The van der Waals surface area contributed by atoms with E-state index in [1.807, 2.05) is 0 Å². The first-order chi connectivity index (χ1) is 6.93. The molecule has 3 atom stereocenters. The van der Waals surface area contributed by atoms with Crippen LogP contribution in [0.4, 0.5) is 0 Å². The highest BCUT2D eigenvalue weighted by Gasteiger charge is 2.56. The second kappa shape index (κ2) is 2.38. The van der Waals surface area contributed by atoms with Crippen molar-refractivity contribution in [1.29, 1.82) is 0 Å². The molecular weight excluding hydrogens is 176 g/mol. The van der Waals surface area contributed by atoms with Crippen molar-refractivity contribution in [3.8, 4) is 0 Å². The van der Waals surface area contributed by atoms with Crippen LogP contribution in [0.15, 0.2) is 4.42 Å². The molecule has 0 saturated heterocycles. The first-order valence-corrected chi connectivity index (χ1v) is 5.77. The highest BCUT2D eigenvalue weighted by Crippen LogP contribution is 2.62. The third kappa shape index (κ3) is 0.928. The zero-order chi connectivity index (χ0) is 9.12. The second-order valence-electron chi connectivity index (χ2n) is 5.04. The van der Waals surface area contributed by atoms with Crippen molar-refractivity contribution >= 4 is 0 Å². The summed E-state index contributed by atoms with van der Waals surface area (Å²) >= 11 is 0. The molecule has 3 nitrogen and oxygen atoms in total. The molecule has 0 spiro atoms. The normalized spacial score (nSPS) is 39.9. The zero-order valence-corrected chi connectivity index (χ0v) is 8.15. The largest absolute Gasteiger partial charge is 0.425 e. The van der Waals surface area contributed by atoms with Gasteiger partial charge in [-0.3, -0.25) is 0 Å². The van der Waals surface area contributed by atoms with E-state index < -0.39 is 0 Å². The van der Waals surface area contributed by atoms with Crippen LogP contribution in [0, 0.1) is 11.8 Å². The molecule has 1 aromatic rings. The summed E-state index contributed by atoms with van der Waals surface area (Å²) in [6, 6.07) is 0. The lowest BCUT2D eigenvalue weighted by atomic mass is 10.1. The quantitative estimate of drug-likeness (QED) is 0.719. The molecule has 1 aromatic heterocycles. The predicted molar refractivity (Wildman–Crippen MR) is 49.8 cm³/mol. The Morgan fingerprint density at radius 1 is 0.929 bits per heavy atom. The summed E-state index contributed by atoms with van der Waals surface area (Å²) < 4.78 is 5.75. The van der Waals surface area contributed by atoms with Gasteiger partial charge in [-0.1, -0.05) is 6.42 Å². The first-order valence-electron chi connectivity index (χ1n) is 5.77. The number of rotatable bonds is 2. The zero-order valence-electron chi connectivity index (χ0n) is 8.15. The number of hydrogen-bond donors (Lipinski definition) is 0. The van der Waals surface area contributed by atoms with Gasteiger partial charge in [-0.05, 0) is 37.5 Å². The molecule has 0 aliphatic heterocycles. The van der Waals surface area contributed by atoms with Crippen molar-refractivity contribution in [2.24, 2.45) is 11.8 Å². The Bertz CT molecular complexity index is 359. The van der Waals surface area contributed by atoms with Crippen molar-refractivity contribution in [3.63, 3.8) is 0 Å². The Hall–Kier alpha value is -0.860. The minimum absolute atomic E-state index is 0.606. The minimum Gasteiger partial charge on any atom is -0.425 e. The van der Waals surface area contributed by atoms with Crippen LogP contribution in [0.1, 0.15) is 55.7 Å². The van der Waals surface area contributed by atoms with Gasteiger partial charge in [0.1, 0.15) is 0 Å². The average molecular weight is 190 g/mol. The van der Waals surface area contributed by atoms with E-state index in [2.05, 4.69) is 10.2 Å². The predicted octanol–water partition coefficient (Wildman–Crippen LogP) is 2.46. The lowest BCUT2D eigenvalue weighted by molar-refractivity contribution is 0.434. The van der Waals surface area contributed by atoms with E-state index in [1.54, 1.807) is 0 Å². The van der Waals surface area contributed by atoms with Crippen LogP contribution in [-0.2, 0) is 0 Å². The maximum atomic E-state index is 5.75. The molecule has 3 saturated carbocycles. The summed E-state index contributed by atoms with van der Waals surface area (Å²) in [6.07, 6.45) is 6.68. The van der Waals surface area contributed by atoms with Gasteiger partial charge in [0.2, 0.25) is 11.8 Å². The maximum Gasteiger partial charge on any atom is 0.220 e. The minimum atomic E-state index is 0.606. The fourth-order valence-corrected chi connectivity index (χ4v) is 3.06. The standard InChI is InChI=1S/C11H14N2O/c1-2-7-8(3-1)9(7)11-13-12-10(14-11)6-4-5-6/h6-9H,1-5H2/t7-,8+,9?. The van der Waals surface area contributed by atoms with Gasteiger partial charge >= 0.3 is 0 Å². The molecule has 14 heavy (non-hydrogen) atoms. The number of aromatic nitrogens is 2. The topological polar surface area (TPSA) is 38.9 Å². The van der Waals surface area contributed by atoms with E-state index in [1.165, 1.54) is 32.1 Å². The van der Waals surface area contributed by atoms with Gasteiger partial charge in [0.25, 0.3) is 0 Å². The molecule has 0 bridgehead atoms. The van der Waals surface area contributed by atoms with Crippen LogP contribution in [0.5, 0.6) is 0 Å². The van der Waals surface area contributed by atoms with Gasteiger partial charge in [-0.15, -0.1) is 10.2 Å². The van der Waals surface area contributed by atoms with Crippen LogP contribution >= 0.6 is 0 Å². The molecular formula is C11H14N2O. The number of nitrogens with zero attached hydrogens (tertiary/aromatic N) is 2. The highest BCUT2D eigenvalue weighted by molar-refractivity contribution is 5.16. The fourth-order valence-electron chi connectivity index (χ4n) is 3.06. The van der Waals surface area contributed by atoms with E-state index in [4.69, 9.17) is 4.42 Å². The summed E-state index contributed by atoms with van der Waals surface area (Å²) in [7, 11) is 0. The van der Waals surface area contributed by atoms with Crippen molar-refractivity contribution in [1.82, 2.24) is 10.2 Å². The molecule has 3 aliphatic rings. The third-order valence-electron chi connectivity index (χ3n) is 4.07. The van der Waals surface area contributed by atoms with E-state index in [-0.39, 0.29) is 0 Å². The molecule has 3 heteroatoms. The summed E-state index contributed by atoms with van der Waals surface area (Å²) in [4.78, 5) is 0. The summed E-state index contributed by atoms with van der Waals surface area (Å²) in [5, 5.41) is 8.36. The van der Waals surface area contributed by atoms with Crippen LogP contribution in [0.2, 0.25) is 0 Å². The van der Waals surface area contributed by atoms with Crippen molar-refractivity contribution in [3.05, 3.63) is 11.8 Å².